The fraction of sp³-hybridized carbons (Fsp3) is 0.385. The topological polar surface area (TPSA) is 116 Å². The number of aryl methyl sites for hydroxylation is 1. The van der Waals surface area contributed by atoms with Crippen molar-refractivity contribution in [1.29, 1.82) is 0 Å². The van der Waals surface area contributed by atoms with Crippen LogP contribution in [0.3, 0.4) is 0 Å². The van der Waals surface area contributed by atoms with Crippen molar-refractivity contribution in [3.05, 3.63) is 30.1 Å². The van der Waals surface area contributed by atoms with Gasteiger partial charge in [-0.15, -0.1) is 0 Å². The van der Waals surface area contributed by atoms with Crippen molar-refractivity contribution < 1.29 is 37.2 Å². The number of amides is 2. The minimum atomic E-state index is -5.19. The highest BCUT2D eigenvalue weighted by Gasteiger charge is 2.28. The van der Waals surface area contributed by atoms with Gasteiger partial charge in [0.15, 0.2) is 12.4 Å². The molecule has 0 spiro atoms. The fourth-order valence-electron chi connectivity index (χ4n) is 1.47. The van der Waals surface area contributed by atoms with Crippen molar-refractivity contribution in [3.63, 3.8) is 0 Å². The van der Waals surface area contributed by atoms with Crippen molar-refractivity contribution in [2.75, 3.05) is 0 Å². The first-order chi connectivity index (χ1) is 10.4. The van der Waals surface area contributed by atoms with Crippen molar-refractivity contribution in [1.82, 2.24) is 5.32 Å². The van der Waals surface area contributed by atoms with Crippen LogP contribution in [0.15, 0.2) is 24.5 Å². The number of aromatic nitrogens is 1. The third-order valence-electron chi connectivity index (χ3n) is 2.39. The molecule has 0 fully saturated rings. The summed E-state index contributed by atoms with van der Waals surface area (Å²) in [5.41, 5.74) is 6.16. The van der Waals surface area contributed by atoms with Gasteiger partial charge in [-0.2, -0.15) is 13.2 Å². The van der Waals surface area contributed by atoms with E-state index < -0.39 is 24.1 Å². The fourth-order valence-corrected chi connectivity index (χ4v) is 1.47. The Balaban J connectivity index is 0.000000585. The Labute approximate surface area is 129 Å². The predicted molar refractivity (Wildman–Crippen MR) is 69.2 cm³/mol. The molecule has 10 heteroatoms. The molecule has 0 saturated carbocycles. The number of halogens is 3. The Bertz CT molecular complexity index is 576. The van der Waals surface area contributed by atoms with Crippen LogP contribution in [0.5, 0.6) is 0 Å². The summed E-state index contributed by atoms with van der Waals surface area (Å²) in [6, 6.07) is 3.11. The van der Waals surface area contributed by atoms with Gasteiger partial charge in [0.05, 0.1) is 0 Å². The number of nitrogens with zero attached hydrogens (tertiary/aromatic N) is 1. The largest absolute Gasteiger partial charge is 0.542 e. The Hall–Kier alpha value is -2.65. The number of primary amides is 1. The molecule has 1 rings (SSSR count). The molecule has 0 radical (unpaired) electrons. The van der Waals surface area contributed by atoms with Gasteiger partial charge in [-0.1, -0.05) is 0 Å². The average molecular weight is 335 g/mol. The second-order valence-electron chi connectivity index (χ2n) is 4.52. The number of nitrogens with one attached hydrogen (secondary N) is 1. The van der Waals surface area contributed by atoms with Crippen LogP contribution < -0.4 is 20.7 Å². The van der Waals surface area contributed by atoms with Gasteiger partial charge in [0, 0.05) is 25.0 Å². The summed E-state index contributed by atoms with van der Waals surface area (Å²) in [4.78, 5) is 30.8. The molecule has 3 N–H and O–H groups in total. The lowest BCUT2D eigenvalue weighted by atomic mass is 10.1. The third-order valence-corrected chi connectivity index (χ3v) is 2.39. The Kier molecular flexibility index (Phi) is 7.71. The SMILES string of the molecule is CC(=O)NC(Cc1ccc[n+](C)c1)C(N)=O.O=C([O-])C(F)(F)F. The van der Waals surface area contributed by atoms with Crippen LogP contribution in [0, 0.1) is 0 Å². The van der Waals surface area contributed by atoms with Gasteiger partial charge in [0.1, 0.15) is 19.1 Å². The summed E-state index contributed by atoms with van der Waals surface area (Å²) in [5, 5.41) is 11.3. The Morgan fingerprint density at radius 1 is 1.39 bits per heavy atom. The normalized spacial score (nSPS) is 11.7. The monoisotopic (exact) mass is 335 g/mol. The van der Waals surface area contributed by atoms with E-state index in [-0.39, 0.29) is 5.91 Å². The van der Waals surface area contributed by atoms with Crippen molar-refractivity contribution in [3.8, 4) is 0 Å². The molecule has 23 heavy (non-hydrogen) atoms. The summed E-state index contributed by atoms with van der Waals surface area (Å²) in [6.45, 7) is 1.36. The third kappa shape index (κ3) is 9.06. The van der Waals surface area contributed by atoms with Crippen LogP contribution >= 0.6 is 0 Å². The second-order valence-corrected chi connectivity index (χ2v) is 4.52. The lowest BCUT2D eigenvalue weighted by molar-refractivity contribution is -0.671. The van der Waals surface area contributed by atoms with E-state index >= 15 is 0 Å². The molecule has 0 aliphatic heterocycles. The molecule has 1 aromatic heterocycles. The number of hydrogen-bond donors (Lipinski definition) is 2. The number of carbonyl (C=O) groups excluding carboxylic acids is 3. The summed E-state index contributed by atoms with van der Waals surface area (Å²) in [5.74, 6) is -3.79. The maximum atomic E-state index is 11.1. The molecule has 0 saturated heterocycles. The van der Waals surface area contributed by atoms with E-state index in [9.17, 15) is 22.8 Å². The van der Waals surface area contributed by atoms with Crippen LogP contribution in [0.1, 0.15) is 12.5 Å². The standard InChI is InChI=1S/C11H15N3O2.C2HF3O2/c1-8(15)13-10(11(12)16)6-9-4-3-5-14(2)7-9;3-2(4,5)1(6)7/h3-5,7,10H,6H2,1-2H3,(H2-,12,13,15,16);(H,6,7). The van der Waals surface area contributed by atoms with Gasteiger partial charge < -0.3 is 21.0 Å². The van der Waals surface area contributed by atoms with Crippen molar-refractivity contribution in [2.24, 2.45) is 12.8 Å². The molecule has 0 aliphatic carbocycles. The highest BCUT2D eigenvalue weighted by atomic mass is 19.4. The summed E-state index contributed by atoms with van der Waals surface area (Å²) >= 11 is 0. The smallest absolute Gasteiger partial charge is 0.430 e. The minimum Gasteiger partial charge on any atom is -0.542 e. The minimum absolute atomic E-state index is 0.260. The number of aliphatic carboxylic acids is 1. The van der Waals surface area contributed by atoms with E-state index in [2.05, 4.69) is 5.32 Å². The second kappa shape index (κ2) is 8.71. The quantitative estimate of drug-likeness (QED) is 0.641. The van der Waals surface area contributed by atoms with Crippen LogP contribution in [0.4, 0.5) is 13.2 Å². The zero-order valence-corrected chi connectivity index (χ0v) is 12.4. The summed E-state index contributed by atoms with van der Waals surface area (Å²) in [7, 11) is 1.89. The summed E-state index contributed by atoms with van der Waals surface area (Å²) < 4.78 is 33.4. The highest BCUT2D eigenvalue weighted by Crippen LogP contribution is 2.11. The first-order valence-corrected chi connectivity index (χ1v) is 6.22. The van der Waals surface area contributed by atoms with E-state index in [1.165, 1.54) is 6.92 Å². The highest BCUT2D eigenvalue weighted by molar-refractivity contribution is 5.85. The zero-order chi connectivity index (χ0) is 18.2. The van der Waals surface area contributed by atoms with E-state index in [0.29, 0.717) is 6.42 Å². The molecule has 128 valence electrons. The molecule has 1 heterocycles. The molecular weight excluding hydrogens is 319 g/mol. The molecule has 0 aliphatic rings. The predicted octanol–water partition coefficient (Wildman–Crippen LogP) is -1.66. The van der Waals surface area contributed by atoms with Gasteiger partial charge in [-0.05, 0) is 6.07 Å². The maximum absolute atomic E-state index is 11.1. The molecule has 1 atom stereocenters. The maximum Gasteiger partial charge on any atom is 0.430 e. The number of carboxylic acids is 1. The van der Waals surface area contributed by atoms with Crippen LogP contribution in [-0.4, -0.2) is 30.0 Å². The van der Waals surface area contributed by atoms with Crippen LogP contribution in [0.2, 0.25) is 0 Å². The van der Waals surface area contributed by atoms with Gasteiger partial charge in [-0.25, -0.2) is 4.57 Å². The van der Waals surface area contributed by atoms with E-state index in [0.717, 1.165) is 5.56 Å². The Morgan fingerprint density at radius 2 is 1.91 bits per heavy atom. The van der Waals surface area contributed by atoms with E-state index in [1.807, 2.05) is 36.1 Å². The lowest BCUT2D eigenvalue weighted by Crippen LogP contribution is -2.45. The number of carboxylic acid groups (broad SMARTS) is 1. The van der Waals surface area contributed by atoms with Gasteiger partial charge in [0.25, 0.3) is 0 Å². The number of hydrogen-bond acceptors (Lipinski definition) is 4. The van der Waals surface area contributed by atoms with Gasteiger partial charge in [0.2, 0.25) is 11.8 Å². The van der Waals surface area contributed by atoms with E-state index in [4.69, 9.17) is 15.6 Å². The number of nitrogens with two attached hydrogens (primary N) is 1. The first kappa shape index (κ1) is 20.3. The molecule has 2 amide bonds. The van der Waals surface area contributed by atoms with E-state index in [1.54, 1.807) is 0 Å². The molecule has 1 unspecified atom stereocenters. The lowest BCUT2D eigenvalue weighted by Gasteiger charge is -2.13. The number of rotatable bonds is 4. The molecular formula is C13H16F3N3O4. The summed E-state index contributed by atoms with van der Waals surface area (Å²) in [6.07, 6.45) is -1.01. The number of carbonyl (C=O) groups is 3. The molecule has 1 aromatic rings. The van der Waals surface area contributed by atoms with Crippen molar-refractivity contribution >= 4 is 17.8 Å². The molecule has 0 aromatic carbocycles. The average Bonchev–Trinajstić information content (AvgIpc) is 2.36. The van der Waals surface area contributed by atoms with Crippen molar-refractivity contribution in [2.45, 2.75) is 25.6 Å². The molecule has 0 bridgehead atoms. The number of pyridine rings is 1. The number of alkyl halides is 3. The zero-order valence-electron chi connectivity index (χ0n) is 12.4. The van der Waals surface area contributed by atoms with Gasteiger partial charge in [-0.3, -0.25) is 9.59 Å². The van der Waals surface area contributed by atoms with Gasteiger partial charge >= 0.3 is 6.18 Å². The first-order valence-electron chi connectivity index (χ1n) is 6.22. The van der Waals surface area contributed by atoms with Crippen LogP contribution in [-0.2, 0) is 27.9 Å². The Morgan fingerprint density at radius 3 is 2.26 bits per heavy atom. The van der Waals surface area contributed by atoms with Crippen LogP contribution in [0.25, 0.3) is 0 Å². The molecule has 7 nitrogen and oxygen atoms in total.